The number of nitrogens with zero attached hydrogens (tertiary/aromatic N) is 4. The van der Waals surface area contributed by atoms with Gasteiger partial charge >= 0.3 is 0 Å². The summed E-state index contributed by atoms with van der Waals surface area (Å²) in [6.07, 6.45) is 0.509. The molecule has 2 heterocycles. The van der Waals surface area contributed by atoms with Crippen LogP contribution in [0.1, 0.15) is 5.56 Å². The maximum absolute atomic E-state index is 11.1. The van der Waals surface area contributed by atoms with Gasteiger partial charge in [-0.05, 0) is 33.2 Å². The number of para-hydroxylation sites is 2. The number of nitro benzene ring substituents is 2. The lowest BCUT2D eigenvalue weighted by molar-refractivity contribution is -0.384. The first-order valence-corrected chi connectivity index (χ1v) is 9.49. The number of hydrogen-bond donors (Lipinski definition) is 1. The molecule has 11 heteroatoms. The van der Waals surface area contributed by atoms with Crippen molar-refractivity contribution in [2.75, 3.05) is 0 Å². The number of fused-ring (bicyclic) bond motifs is 2. The SMILES string of the molecule is O=[N+]([O-])c1cccc2c1N=C(SSc1nc3c([N+](=O)[O-])cccc3[nH]1)C2. The Morgan fingerprint density at radius 1 is 1.00 bits per heavy atom. The predicted molar refractivity (Wildman–Crippen MR) is 100 cm³/mol. The topological polar surface area (TPSA) is 127 Å². The van der Waals surface area contributed by atoms with Crippen molar-refractivity contribution in [1.82, 2.24) is 9.97 Å². The van der Waals surface area contributed by atoms with Gasteiger partial charge in [-0.1, -0.05) is 18.2 Å². The van der Waals surface area contributed by atoms with E-state index in [1.54, 1.807) is 18.2 Å². The lowest BCUT2D eigenvalue weighted by Crippen LogP contribution is -1.90. The van der Waals surface area contributed by atoms with Gasteiger partial charge in [0.15, 0.2) is 10.7 Å². The van der Waals surface area contributed by atoms with Crippen molar-refractivity contribution in [3.63, 3.8) is 0 Å². The van der Waals surface area contributed by atoms with E-state index in [9.17, 15) is 20.2 Å². The molecule has 0 aliphatic carbocycles. The number of H-pyrrole nitrogens is 1. The molecule has 1 N–H and O–H groups in total. The fourth-order valence-corrected chi connectivity index (χ4v) is 4.49. The Kier molecular flexibility index (Phi) is 4.09. The summed E-state index contributed by atoms with van der Waals surface area (Å²) >= 11 is 0. The lowest BCUT2D eigenvalue weighted by atomic mass is 10.1. The van der Waals surface area contributed by atoms with E-state index in [4.69, 9.17) is 0 Å². The summed E-state index contributed by atoms with van der Waals surface area (Å²) in [6, 6.07) is 9.61. The van der Waals surface area contributed by atoms with Crippen LogP contribution in [0.15, 0.2) is 46.5 Å². The average Bonchev–Trinajstić information content (AvgIpc) is 3.21. The minimum Gasteiger partial charge on any atom is -0.332 e. The highest BCUT2D eigenvalue weighted by Gasteiger charge is 2.24. The van der Waals surface area contributed by atoms with Crippen molar-refractivity contribution in [3.05, 3.63) is 62.2 Å². The second-order valence-corrected chi connectivity index (χ2v) is 7.55. The van der Waals surface area contributed by atoms with Crippen LogP contribution < -0.4 is 0 Å². The van der Waals surface area contributed by atoms with Gasteiger partial charge < -0.3 is 4.98 Å². The molecule has 1 aliphatic heterocycles. The molecule has 9 nitrogen and oxygen atoms in total. The molecule has 0 saturated heterocycles. The van der Waals surface area contributed by atoms with Crippen LogP contribution in [0.4, 0.5) is 17.1 Å². The number of nitro groups is 2. The van der Waals surface area contributed by atoms with Crippen molar-refractivity contribution >= 4 is 54.7 Å². The molecule has 0 amide bonds. The molecule has 26 heavy (non-hydrogen) atoms. The highest BCUT2D eigenvalue weighted by molar-refractivity contribution is 8.82. The van der Waals surface area contributed by atoms with E-state index >= 15 is 0 Å². The van der Waals surface area contributed by atoms with Gasteiger partial charge in [-0.3, -0.25) is 20.2 Å². The van der Waals surface area contributed by atoms with Crippen LogP contribution in [0.5, 0.6) is 0 Å². The fourth-order valence-electron chi connectivity index (χ4n) is 2.64. The van der Waals surface area contributed by atoms with E-state index < -0.39 is 9.85 Å². The number of aromatic nitrogens is 2. The normalized spacial score (nSPS) is 12.8. The van der Waals surface area contributed by atoms with Gasteiger partial charge in [0.2, 0.25) is 0 Å². The number of aromatic amines is 1. The Balaban J connectivity index is 1.55. The summed E-state index contributed by atoms with van der Waals surface area (Å²) in [5.41, 5.74) is 2.00. The summed E-state index contributed by atoms with van der Waals surface area (Å²) in [7, 11) is 2.60. The minimum atomic E-state index is -0.471. The number of imidazole rings is 1. The van der Waals surface area contributed by atoms with Gasteiger partial charge in [0.05, 0.1) is 20.4 Å². The Labute approximate surface area is 153 Å². The number of hydrogen-bond acceptors (Lipinski definition) is 8. The molecule has 0 saturated carbocycles. The summed E-state index contributed by atoms with van der Waals surface area (Å²) < 4.78 is 0. The second kappa shape index (κ2) is 6.42. The van der Waals surface area contributed by atoms with Crippen molar-refractivity contribution < 1.29 is 9.85 Å². The maximum Gasteiger partial charge on any atom is 0.297 e. The van der Waals surface area contributed by atoms with E-state index in [-0.39, 0.29) is 11.4 Å². The van der Waals surface area contributed by atoms with E-state index in [1.165, 1.54) is 33.7 Å². The Morgan fingerprint density at radius 2 is 1.73 bits per heavy atom. The highest BCUT2D eigenvalue weighted by atomic mass is 33.1. The quantitative estimate of drug-likeness (QED) is 0.399. The van der Waals surface area contributed by atoms with Gasteiger partial charge in [-0.2, -0.15) is 0 Å². The Morgan fingerprint density at radius 3 is 2.50 bits per heavy atom. The van der Waals surface area contributed by atoms with Crippen LogP contribution >= 0.6 is 21.6 Å². The molecular weight excluding hydrogens is 378 g/mol. The molecule has 0 bridgehead atoms. The van der Waals surface area contributed by atoms with Crippen LogP contribution in [-0.2, 0) is 6.42 Å². The number of benzene rings is 2. The molecule has 130 valence electrons. The number of rotatable bonds is 4. The van der Waals surface area contributed by atoms with Crippen LogP contribution in [0.3, 0.4) is 0 Å². The molecule has 0 atom stereocenters. The van der Waals surface area contributed by atoms with E-state index in [1.807, 2.05) is 6.07 Å². The average molecular weight is 387 g/mol. The standard InChI is InChI=1S/C15H9N5O4S2/c21-19(22)10-5-1-3-8-7-12(17-13(8)10)25-26-15-16-9-4-2-6-11(20(23)24)14(9)18-15/h1-6H,7H2,(H,16,18). The molecule has 0 fully saturated rings. The molecule has 1 aromatic heterocycles. The van der Waals surface area contributed by atoms with E-state index in [0.717, 1.165) is 5.56 Å². The van der Waals surface area contributed by atoms with Gasteiger partial charge in [0.1, 0.15) is 5.69 Å². The maximum atomic E-state index is 11.1. The summed E-state index contributed by atoms with van der Waals surface area (Å²) in [5, 5.41) is 23.4. The summed E-state index contributed by atoms with van der Waals surface area (Å²) in [5.74, 6) is 0. The van der Waals surface area contributed by atoms with Crippen LogP contribution in [-0.4, -0.2) is 24.9 Å². The van der Waals surface area contributed by atoms with E-state index in [2.05, 4.69) is 15.0 Å². The Bertz CT molecular complexity index is 1090. The monoisotopic (exact) mass is 387 g/mol. The fraction of sp³-hybridized carbons (Fsp3) is 0.0667. The first-order chi connectivity index (χ1) is 12.5. The van der Waals surface area contributed by atoms with Crippen molar-refractivity contribution in [3.8, 4) is 0 Å². The van der Waals surface area contributed by atoms with E-state index in [0.29, 0.717) is 33.3 Å². The zero-order valence-electron chi connectivity index (χ0n) is 12.9. The summed E-state index contributed by atoms with van der Waals surface area (Å²) in [4.78, 5) is 32.9. The van der Waals surface area contributed by atoms with Gasteiger partial charge in [-0.25, -0.2) is 9.98 Å². The highest BCUT2D eigenvalue weighted by Crippen LogP contribution is 2.42. The minimum absolute atomic E-state index is 0.0116. The third-order valence-electron chi connectivity index (χ3n) is 3.76. The Hall–Kier alpha value is -2.92. The van der Waals surface area contributed by atoms with Crippen molar-refractivity contribution in [2.24, 2.45) is 4.99 Å². The molecule has 0 unspecified atom stereocenters. The largest absolute Gasteiger partial charge is 0.332 e. The molecular formula is C15H9N5O4S2. The summed E-state index contributed by atoms with van der Waals surface area (Å²) in [6.45, 7) is 0. The molecule has 2 aromatic carbocycles. The first kappa shape index (κ1) is 16.5. The molecule has 4 rings (SSSR count). The van der Waals surface area contributed by atoms with Crippen molar-refractivity contribution in [2.45, 2.75) is 11.6 Å². The molecule has 0 radical (unpaired) electrons. The number of aliphatic imine (C=N–C) groups is 1. The zero-order chi connectivity index (χ0) is 18.3. The first-order valence-electron chi connectivity index (χ1n) is 7.34. The van der Waals surface area contributed by atoms with Gasteiger partial charge in [0.25, 0.3) is 11.4 Å². The smallest absolute Gasteiger partial charge is 0.297 e. The molecule has 3 aromatic rings. The van der Waals surface area contributed by atoms with Crippen LogP contribution in [0.25, 0.3) is 11.0 Å². The van der Waals surface area contributed by atoms with Gasteiger partial charge in [-0.15, -0.1) is 0 Å². The molecule has 1 aliphatic rings. The second-order valence-electron chi connectivity index (χ2n) is 5.36. The molecule has 0 spiro atoms. The number of non-ortho nitro benzene ring substituents is 1. The van der Waals surface area contributed by atoms with Crippen molar-refractivity contribution in [1.29, 1.82) is 0 Å². The van der Waals surface area contributed by atoms with Gasteiger partial charge in [0, 0.05) is 18.6 Å². The third kappa shape index (κ3) is 2.91. The van der Waals surface area contributed by atoms with Crippen LogP contribution in [0.2, 0.25) is 0 Å². The predicted octanol–water partition coefficient (Wildman–Crippen LogP) is 4.41. The lowest BCUT2D eigenvalue weighted by Gasteiger charge is -1.97. The zero-order valence-corrected chi connectivity index (χ0v) is 14.5. The van der Waals surface area contributed by atoms with Crippen LogP contribution in [0, 0.1) is 20.2 Å². The third-order valence-corrected chi connectivity index (χ3v) is 5.92. The number of nitrogens with one attached hydrogen (secondary N) is 1.